The Balaban J connectivity index is 3.77. The third-order valence-corrected chi connectivity index (χ3v) is 2.70. The van der Waals surface area contributed by atoms with E-state index in [-0.39, 0.29) is 0 Å². The maximum Gasteiger partial charge on any atom is 0.0477 e. The van der Waals surface area contributed by atoms with E-state index in [0.29, 0.717) is 6.04 Å². The van der Waals surface area contributed by atoms with Gasteiger partial charge in [-0.3, -0.25) is 4.90 Å². The molecule has 0 amide bonds. The Hall–Kier alpha value is 0.210. The summed E-state index contributed by atoms with van der Waals surface area (Å²) in [4.78, 5) is 2.45. The van der Waals surface area contributed by atoms with E-state index in [1.807, 2.05) is 0 Å². The molecule has 0 N–H and O–H groups in total. The van der Waals surface area contributed by atoms with Crippen molar-refractivity contribution in [1.29, 1.82) is 0 Å². The first-order valence-corrected chi connectivity index (χ1v) is 6.08. The number of hydrogen-bond donors (Lipinski definition) is 0. The molecule has 0 saturated carbocycles. The monoisotopic (exact) mass is 221 g/mol. The van der Waals surface area contributed by atoms with Gasteiger partial charge in [0.05, 0.1) is 0 Å². The Morgan fingerprint density at radius 1 is 1.36 bits per heavy atom. The molecule has 0 aromatic carbocycles. The molecule has 0 spiro atoms. The molecule has 0 rings (SSSR count). The summed E-state index contributed by atoms with van der Waals surface area (Å²) in [6.07, 6.45) is 3.60. The molecule has 0 saturated heterocycles. The van der Waals surface area contributed by atoms with Gasteiger partial charge in [0.2, 0.25) is 0 Å². The maximum atomic E-state index is 5.78. The van der Waals surface area contributed by atoms with Crippen LogP contribution in [0.1, 0.15) is 33.1 Å². The largest absolute Gasteiger partial charge is 0.385 e. The topological polar surface area (TPSA) is 12.5 Å². The smallest absolute Gasteiger partial charge is 0.0477 e. The normalized spacial score (nSPS) is 13.5. The molecule has 0 heterocycles. The van der Waals surface area contributed by atoms with Gasteiger partial charge in [-0.2, -0.15) is 0 Å². The van der Waals surface area contributed by atoms with Gasteiger partial charge in [-0.15, -0.1) is 11.6 Å². The lowest BCUT2D eigenvalue weighted by Gasteiger charge is -2.28. The van der Waals surface area contributed by atoms with Crippen molar-refractivity contribution >= 4 is 11.6 Å². The number of halogens is 1. The van der Waals surface area contributed by atoms with E-state index in [1.165, 1.54) is 12.8 Å². The first-order valence-electron chi connectivity index (χ1n) is 5.55. The summed E-state index contributed by atoms with van der Waals surface area (Å²) in [7, 11) is 1.75. The van der Waals surface area contributed by atoms with Crippen LogP contribution in [0, 0.1) is 0 Å². The SMILES string of the molecule is CCCCN(CCCl)C(C)CCOC. The second-order valence-corrected chi connectivity index (χ2v) is 4.09. The highest BCUT2D eigenvalue weighted by atomic mass is 35.5. The molecule has 0 fully saturated rings. The van der Waals surface area contributed by atoms with E-state index in [0.717, 1.165) is 32.0 Å². The van der Waals surface area contributed by atoms with Crippen molar-refractivity contribution in [3.63, 3.8) is 0 Å². The highest BCUT2D eigenvalue weighted by Gasteiger charge is 2.11. The Morgan fingerprint density at radius 3 is 2.57 bits per heavy atom. The summed E-state index contributed by atoms with van der Waals surface area (Å²) in [5.41, 5.74) is 0. The predicted molar refractivity (Wildman–Crippen MR) is 63.2 cm³/mol. The molecule has 14 heavy (non-hydrogen) atoms. The van der Waals surface area contributed by atoms with Crippen LogP contribution in [0.2, 0.25) is 0 Å². The third kappa shape index (κ3) is 6.63. The van der Waals surface area contributed by atoms with E-state index in [9.17, 15) is 0 Å². The molecule has 0 aromatic rings. The highest BCUT2D eigenvalue weighted by Crippen LogP contribution is 2.06. The molecule has 0 aliphatic carbocycles. The van der Waals surface area contributed by atoms with Crippen LogP contribution < -0.4 is 0 Å². The van der Waals surface area contributed by atoms with Crippen LogP contribution in [0.5, 0.6) is 0 Å². The molecule has 1 atom stereocenters. The first kappa shape index (κ1) is 14.2. The molecule has 0 aliphatic heterocycles. The van der Waals surface area contributed by atoms with Crippen molar-refractivity contribution in [3.05, 3.63) is 0 Å². The molecule has 3 heteroatoms. The lowest BCUT2D eigenvalue weighted by molar-refractivity contribution is 0.141. The fourth-order valence-electron chi connectivity index (χ4n) is 1.49. The van der Waals surface area contributed by atoms with E-state index >= 15 is 0 Å². The number of methoxy groups -OCH3 is 1. The van der Waals surface area contributed by atoms with Gasteiger partial charge in [-0.1, -0.05) is 13.3 Å². The lowest BCUT2D eigenvalue weighted by Crippen LogP contribution is -2.36. The molecule has 2 nitrogen and oxygen atoms in total. The van der Waals surface area contributed by atoms with Crippen LogP contribution in [0.25, 0.3) is 0 Å². The van der Waals surface area contributed by atoms with Gasteiger partial charge in [0, 0.05) is 32.2 Å². The summed E-state index contributed by atoms with van der Waals surface area (Å²) < 4.78 is 5.09. The zero-order chi connectivity index (χ0) is 10.8. The van der Waals surface area contributed by atoms with Gasteiger partial charge in [0.25, 0.3) is 0 Å². The number of hydrogen-bond acceptors (Lipinski definition) is 2. The number of ether oxygens (including phenoxy) is 1. The van der Waals surface area contributed by atoms with Crippen molar-refractivity contribution < 1.29 is 4.74 Å². The number of rotatable bonds is 9. The third-order valence-electron chi connectivity index (χ3n) is 2.53. The second-order valence-electron chi connectivity index (χ2n) is 3.71. The van der Waals surface area contributed by atoms with Crippen molar-refractivity contribution in [1.82, 2.24) is 4.90 Å². The van der Waals surface area contributed by atoms with Crippen LogP contribution in [-0.4, -0.2) is 43.6 Å². The van der Waals surface area contributed by atoms with Gasteiger partial charge >= 0.3 is 0 Å². The van der Waals surface area contributed by atoms with E-state index in [2.05, 4.69) is 18.7 Å². The number of alkyl halides is 1. The van der Waals surface area contributed by atoms with Crippen molar-refractivity contribution in [2.45, 2.75) is 39.2 Å². The minimum Gasteiger partial charge on any atom is -0.385 e. The number of unbranched alkanes of at least 4 members (excludes halogenated alkanes) is 1. The Morgan fingerprint density at radius 2 is 2.07 bits per heavy atom. The predicted octanol–water partition coefficient (Wildman–Crippen LogP) is 2.75. The molecule has 0 radical (unpaired) electrons. The van der Waals surface area contributed by atoms with Crippen LogP contribution in [-0.2, 0) is 4.74 Å². The minimum absolute atomic E-state index is 0.584. The van der Waals surface area contributed by atoms with Gasteiger partial charge in [-0.05, 0) is 26.3 Å². The van der Waals surface area contributed by atoms with E-state index in [1.54, 1.807) is 7.11 Å². The van der Waals surface area contributed by atoms with Crippen molar-refractivity contribution in [2.75, 3.05) is 32.7 Å². The average Bonchev–Trinajstić information content (AvgIpc) is 2.20. The summed E-state index contributed by atoms with van der Waals surface area (Å²) in [5.74, 6) is 0.723. The molecule has 1 unspecified atom stereocenters. The zero-order valence-corrected chi connectivity index (χ0v) is 10.5. The van der Waals surface area contributed by atoms with Gasteiger partial charge in [0.1, 0.15) is 0 Å². The lowest BCUT2D eigenvalue weighted by atomic mass is 10.2. The highest BCUT2D eigenvalue weighted by molar-refractivity contribution is 6.18. The van der Waals surface area contributed by atoms with E-state index in [4.69, 9.17) is 16.3 Å². The van der Waals surface area contributed by atoms with Crippen LogP contribution in [0.3, 0.4) is 0 Å². The summed E-state index contributed by atoms with van der Waals surface area (Å²) in [5, 5.41) is 0. The van der Waals surface area contributed by atoms with Crippen LogP contribution in [0.4, 0.5) is 0 Å². The maximum absolute atomic E-state index is 5.78. The average molecular weight is 222 g/mol. The Bertz CT molecular complexity index is 122. The molecular formula is C11H24ClNO. The first-order chi connectivity index (χ1) is 6.76. The molecule has 0 aromatic heterocycles. The van der Waals surface area contributed by atoms with Gasteiger partial charge < -0.3 is 4.74 Å². The zero-order valence-electron chi connectivity index (χ0n) is 9.76. The summed E-state index contributed by atoms with van der Waals surface area (Å²) in [6, 6.07) is 0.584. The van der Waals surface area contributed by atoms with Gasteiger partial charge in [-0.25, -0.2) is 0 Å². The van der Waals surface area contributed by atoms with Crippen molar-refractivity contribution in [2.24, 2.45) is 0 Å². The molecule has 0 aliphatic rings. The molecular weight excluding hydrogens is 198 g/mol. The fourth-order valence-corrected chi connectivity index (χ4v) is 1.71. The number of nitrogens with zero attached hydrogens (tertiary/aromatic N) is 1. The standard InChI is InChI=1S/C11H24ClNO/c1-4-5-8-13(9-7-12)11(2)6-10-14-3/h11H,4-10H2,1-3H3. The van der Waals surface area contributed by atoms with Gasteiger partial charge in [0.15, 0.2) is 0 Å². The Labute approximate surface area is 93.6 Å². The summed E-state index contributed by atoms with van der Waals surface area (Å²) >= 11 is 5.78. The van der Waals surface area contributed by atoms with Crippen molar-refractivity contribution in [3.8, 4) is 0 Å². The van der Waals surface area contributed by atoms with Crippen LogP contribution in [0.15, 0.2) is 0 Å². The molecule has 0 bridgehead atoms. The summed E-state index contributed by atoms with van der Waals surface area (Å²) in [6.45, 7) is 7.46. The quantitative estimate of drug-likeness (QED) is 0.556. The fraction of sp³-hybridized carbons (Fsp3) is 1.00. The second kappa shape index (κ2) is 9.75. The molecule has 86 valence electrons. The van der Waals surface area contributed by atoms with E-state index < -0.39 is 0 Å². The minimum atomic E-state index is 0.584. The van der Waals surface area contributed by atoms with Crippen LogP contribution >= 0.6 is 11.6 Å². The Kier molecular flexibility index (Phi) is 9.90.